The van der Waals surface area contributed by atoms with Crippen molar-refractivity contribution in [2.24, 2.45) is 5.92 Å². The molecule has 0 saturated carbocycles. The summed E-state index contributed by atoms with van der Waals surface area (Å²) in [7, 11) is 0.632. The number of carbonyl (C=O) groups is 1. The van der Waals surface area contributed by atoms with Crippen LogP contribution in [0.15, 0.2) is 12.2 Å². The minimum absolute atomic E-state index is 0.138. The molecule has 26 heavy (non-hydrogen) atoms. The summed E-state index contributed by atoms with van der Waals surface area (Å²) in [5.41, 5.74) is -1.60. The lowest BCUT2D eigenvalue weighted by Gasteiger charge is -2.37. The lowest BCUT2D eigenvalue weighted by atomic mass is 9.84. The molecule has 0 amide bonds. The van der Waals surface area contributed by atoms with Crippen molar-refractivity contribution in [3.8, 4) is 0 Å². The Balaban J connectivity index is 5.88. The highest BCUT2D eigenvalue weighted by Gasteiger charge is 2.83. The first kappa shape index (κ1) is 24.7. The normalized spacial score (nSPS) is 16.3. The van der Waals surface area contributed by atoms with Crippen LogP contribution in [0.3, 0.4) is 0 Å². The molecular formula is C11H12F9NO4S. The molecule has 15 heteroatoms. The minimum Gasteiger partial charge on any atom is -0.349 e. The van der Waals surface area contributed by atoms with Crippen LogP contribution in [-0.4, -0.2) is 50.2 Å². The average Bonchev–Trinajstić information content (AvgIpc) is 2.45. The van der Waals surface area contributed by atoms with Crippen LogP contribution in [0.2, 0.25) is 0 Å². The molecule has 2 unspecified atom stereocenters. The first-order valence-corrected chi connectivity index (χ1v) is 7.38. The fraction of sp³-hybridized carbons (Fsp3) is 0.727. The predicted molar refractivity (Wildman–Crippen MR) is 68.4 cm³/mol. The molecule has 1 N–H and O–H groups in total. The molecule has 0 aliphatic carbocycles. The molecule has 0 aromatic carbocycles. The van der Waals surface area contributed by atoms with E-state index >= 15 is 0 Å². The second-order valence-corrected chi connectivity index (χ2v) is 5.78. The standard InChI is InChI=1S/C11H12F9NO4S/c1-4-6(5(2)7(22)25-21(3)26(23)24)8(12,13)9(14,15)10(16,17)11(18,19)20/h6H,2,4H2,1,3H3,(H,23,24). The van der Waals surface area contributed by atoms with Crippen molar-refractivity contribution in [1.29, 1.82) is 0 Å². The van der Waals surface area contributed by atoms with Crippen molar-refractivity contribution in [3.63, 3.8) is 0 Å². The Morgan fingerprint density at radius 1 is 1.12 bits per heavy atom. The lowest BCUT2D eigenvalue weighted by molar-refractivity contribution is -0.401. The molecule has 0 aliphatic heterocycles. The molecular weight excluding hydrogens is 413 g/mol. The van der Waals surface area contributed by atoms with Gasteiger partial charge in [-0.1, -0.05) is 13.5 Å². The molecule has 0 aliphatic rings. The molecule has 0 spiro atoms. The van der Waals surface area contributed by atoms with Gasteiger partial charge < -0.3 is 4.84 Å². The minimum atomic E-state index is -7.12. The zero-order valence-corrected chi connectivity index (χ0v) is 13.7. The molecule has 0 heterocycles. The first-order valence-electron chi connectivity index (χ1n) is 6.32. The zero-order chi connectivity index (χ0) is 21.3. The van der Waals surface area contributed by atoms with E-state index in [-0.39, 0.29) is 4.47 Å². The third-order valence-electron chi connectivity index (χ3n) is 3.13. The Bertz CT molecular complexity index is 579. The van der Waals surface area contributed by atoms with Gasteiger partial charge >= 0.3 is 29.9 Å². The number of carbonyl (C=O) groups excluding carboxylic acids is 1. The molecule has 0 bridgehead atoms. The summed E-state index contributed by atoms with van der Waals surface area (Å²) in [5.74, 6) is -25.3. The van der Waals surface area contributed by atoms with Gasteiger partial charge in [0, 0.05) is 12.6 Å². The van der Waals surface area contributed by atoms with Crippen molar-refractivity contribution in [1.82, 2.24) is 4.47 Å². The first-order chi connectivity index (χ1) is 11.4. The second-order valence-electron chi connectivity index (χ2n) is 4.80. The van der Waals surface area contributed by atoms with E-state index in [2.05, 4.69) is 11.4 Å². The Labute approximate surface area is 143 Å². The Morgan fingerprint density at radius 3 is 1.85 bits per heavy atom. The molecule has 0 aromatic rings. The highest BCUT2D eigenvalue weighted by atomic mass is 32.2. The van der Waals surface area contributed by atoms with E-state index in [0.717, 1.165) is 0 Å². The molecule has 0 aromatic heterocycles. The van der Waals surface area contributed by atoms with Crippen LogP contribution in [0.1, 0.15) is 13.3 Å². The van der Waals surface area contributed by atoms with Crippen LogP contribution >= 0.6 is 0 Å². The molecule has 0 rings (SSSR count). The van der Waals surface area contributed by atoms with Gasteiger partial charge in [-0.2, -0.15) is 39.5 Å². The SMILES string of the molecule is C=C(C(=O)ON(C)S(=O)O)C(CC)C(F)(F)C(F)(F)C(F)(F)C(F)(F)F. The molecule has 0 radical (unpaired) electrons. The van der Waals surface area contributed by atoms with Crippen LogP contribution < -0.4 is 0 Å². The van der Waals surface area contributed by atoms with Gasteiger partial charge in [-0.3, -0.25) is 4.55 Å². The van der Waals surface area contributed by atoms with Gasteiger partial charge in [0.1, 0.15) is 0 Å². The number of hydrogen-bond donors (Lipinski definition) is 1. The van der Waals surface area contributed by atoms with Crippen molar-refractivity contribution in [2.45, 2.75) is 37.3 Å². The monoisotopic (exact) mass is 425 g/mol. The third kappa shape index (κ3) is 4.31. The van der Waals surface area contributed by atoms with E-state index in [1.165, 1.54) is 0 Å². The van der Waals surface area contributed by atoms with Crippen LogP contribution in [0.25, 0.3) is 0 Å². The number of hydroxylamine groups is 1. The number of nitrogens with zero attached hydrogens (tertiary/aromatic N) is 1. The van der Waals surface area contributed by atoms with Gasteiger partial charge in [-0.25, -0.2) is 9.00 Å². The van der Waals surface area contributed by atoms with E-state index < -0.39 is 59.1 Å². The molecule has 2 atom stereocenters. The van der Waals surface area contributed by atoms with Gasteiger partial charge in [-0.15, -0.1) is 0 Å². The van der Waals surface area contributed by atoms with Crippen LogP contribution in [0, 0.1) is 5.92 Å². The number of hydrogen-bond acceptors (Lipinski definition) is 3. The van der Waals surface area contributed by atoms with E-state index in [1.54, 1.807) is 0 Å². The summed E-state index contributed by atoms with van der Waals surface area (Å²) < 4.78 is 136. The third-order valence-corrected chi connectivity index (χ3v) is 3.64. The quantitative estimate of drug-likeness (QED) is 0.280. The average molecular weight is 425 g/mol. The maximum Gasteiger partial charge on any atom is 0.460 e. The van der Waals surface area contributed by atoms with E-state index in [0.29, 0.717) is 14.0 Å². The fourth-order valence-corrected chi connectivity index (χ4v) is 1.81. The highest BCUT2D eigenvalue weighted by molar-refractivity contribution is 7.76. The predicted octanol–water partition coefficient (Wildman–Crippen LogP) is 3.56. The largest absolute Gasteiger partial charge is 0.460 e. The highest BCUT2D eigenvalue weighted by Crippen LogP contribution is 2.56. The van der Waals surface area contributed by atoms with E-state index in [4.69, 9.17) is 4.55 Å². The maximum absolute atomic E-state index is 13.9. The molecule has 154 valence electrons. The Kier molecular flexibility index (Phi) is 7.32. The summed E-state index contributed by atoms with van der Waals surface area (Å²) >= 11 is -2.98. The smallest absolute Gasteiger partial charge is 0.349 e. The Morgan fingerprint density at radius 2 is 1.54 bits per heavy atom. The summed E-state index contributed by atoms with van der Waals surface area (Å²) in [4.78, 5) is 15.5. The van der Waals surface area contributed by atoms with E-state index in [1.807, 2.05) is 0 Å². The van der Waals surface area contributed by atoms with Gasteiger partial charge in [0.15, 0.2) is 0 Å². The second kappa shape index (κ2) is 7.72. The summed E-state index contributed by atoms with van der Waals surface area (Å²) in [6.45, 7) is 3.33. The van der Waals surface area contributed by atoms with Gasteiger partial charge in [0.25, 0.3) is 11.3 Å². The van der Waals surface area contributed by atoms with Crippen molar-refractivity contribution >= 4 is 17.2 Å². The Hall–Kier alpha value is -1.35. The molecule has 0 saturated heterocycles. The topological polar surface area (TPSA) is 66.8 Å². The van der Waals surface area contributed by atoms with Gasteiger partial charge in [-0.05, 0) is 10.9 Å². The van der Waals surface area contributed by atoms with E-state index in [9.17, 15) is 48.5 Å². The summed E-state index contributed by atoms with van der Waals surface area (Å²) in [6, 6.07) is 0. The molecule has 0 fully saturated rings. The number of rotatable bonds is 8. The zero-order valence-electron chi connectivity index (χ0n) is 12.9. The summed E-state index contributed by atoms with van der Waals surface area (Å²) in [5, 5.41) is 0. The maximum atomic E-state index is 13.9. The van der Waals surface area contributed by atoms with Gasteiger partial charge in [0.2, 0.25) is 0 Å². The van der Waals surface area contributed by atoms with Crippen LogP contribution in [-0.2, 0) is 20.9 Å². The van der Waals surface area contributed by atoms with Crippen LogP contribution in [0.5, 0.6) is 0 Å². The summed E-state index contributed by atoms with van der Waals surface area (Å²) in [6.07, 6.45) is -8.22. The number of alkyl halides is 9. The lowest BCUT2D eigenvalue weighted by Crippen LogP contribution is -2.63. The van der Waals surface area contributed by atoms with Crippen molar-refractivity contribution < 1.29 is 57.9 Å². The van der Waals surface area contributed by atoms with Crippen LogP contribution in [0.4, 0.5) is 39.5 Å². The van der Waals surface area contributed by atoms with Gasteiger partial charge in [0.05, 0.1) is 5.92 Å². The fourth-order valence-electron chi connectivity index (χ4n) is 1.68. The van der Waals surface area contributed by atoms with Crippen molar-refractivity contribution in [2.75, 3.05) is 7.05 Å². The van der Waals surface area contributed by atoms with Crippen molar-refractivity contribution in [3.05, 3.63) is 12.2 Å². The molecule has 5 nitrogen and oxygen atoms in total. The number of halogens is 9.